The van der Waals surface area contributed by atoms with Crippen molar-refractivity contribution in [3.05, 3.63) is 77.1 Å². The number of aromatic nitrogens is 4. The molecule has 0 bridgehead atoms. The van der Waals surface area contributed by atoms with E-state index in [0.717, 1.165) is 38.0 Å². The summed E-state index contributed by atoms with van der Waals surface area (Å²) in [6.45, 7) is 7.19. The van der Waals surface area contributed by atoms with Gasteiger partial charge in [-0.1, -0.05) is 73.0 Å². The summed E-state index contributed by atoms with van der Waals surface area (Å²) in [6.07, 6.45) is 5.53. The largest absolute Gasteiger partial charge is 0.298 e. The van der Waals surface area contributed by atoms with E-state index in [9.17, 15) is 0 Å². The molecule has 1 aliphatic carbocycles. The zero-order valence-corrected chi connectivity index (χ0v) is 18.4. The monoisotopic (exact) mass is 416 g/mol. The van der Waals surface area contributed by atoms with Crippen LogP contribution in [0.1, 0.15) is 54.2 Å². The van der Waals surface area contributed by atoms with Gasteiger partial charge in [0.2, 0.25) is 0 Å². The van der Waals surface area contributed by atoms with Crippen molar-refractivity contribution in [1.29, 1.82) is 0 Å². The molecule has 2 heterocycles. The van der Waals surface area contributed by atoms with Crippen LogP contribution in [0.2, 0.25) is 0 Å². The summed E-state index contributed by atoms with van der Waals surface area (Å²) in [6, 6.07) is 20.2. The summed E-state index contributed by atoms with van der Waals surface area (Å²) in [7, 11) is 0. The first kappa shape index (κ1) is 20.3. The van der Waals surface area contributed by atoms with Crippen LogP contribution in [-0.4, -0.2) is 62.2 Å². The van der Waals surface area contributed by atoms with Crippen molar-refractivity contribution in [3.8, 4) is 0 Å². The predicted octanol–water partition coefficient (Wildman–Crippen LogP) is 3.68. The first-order valence-corrected chi connectivity index (χ1v) is 11.6. The minimum Gasteiger partial charge on any atom is -0.298 e. The van der Waals surface area contributed by atoms with Crippen LogP contribution in [0.4, 0.5) is 0 Å². The minimum atomic E-state index is 0.0741. The summed E-state index contributed by atoms with van der Waals surface area (Å²) >= 11 is 0. The van der Waals surface area contributed by atoms with Gasteiger partial charge in [-0.25, -0.2) is 4.68 Å². The molecule has 1 saturated carbocycles. The quantitative estimate of drug-likeness (QED) is 0.614. The normalized spacial score (nSPS) is 19.6. The van der Waals surface area contributed by atoms with Crippen LogP contribution < -0.4 is 0 Å². The van der Waals surface area contributed by atoms with Gasteiger partial charge in [-0.2, -0.15) is 0 Å². The van der Waals surface area contributed by atoms with Crippen LogP contribution in [-0.2, 0) is 6.54 Å². The fourth-order valence-corrected chi connectivity index (χ4v) is 5.18. The second-order valence-electron chi connectivity index (χ2n) is 9.00. The topological polar surface area (TPSA) is 50.1 Å². The molecule has 0 amide bonds. The zero-order valence-electron chi connectivity index (χ0n) is 18.4. The van der Waals surface area contributed by atoms with Gasteiger partial charge in [0.05, 0.1) is 12.6 Å². The van der Waals surface area contributed by atoms with Gasteiger partial charge in [-0.15, -0.1) is 5.10 Å². The standard InChI is InChI=1S/C25H32N6/c1-20-11-13-22(14-12-20)24(30-17-15-29(16-18-30)23-9-5-6-10-23)25-26-27-28-31(25)19-21-7-3-2-4-8-21/h2-4,7-8,11-14,23-24H,5-6,9-10,15-19H2,1H3/t24-/m0/s1. The Morgan fingerprint density at radius 2 is 1.61 bits per heavy atom. The Labute approximate surface area is 184 Å². The van der Waals surface area contributed by atoms with Crippen molar-refractivity contribution in [2.75, 3.05) is 26.2 Å². The molecule has 3 aromatic rings. The van der Waals surface area contributed by atoms with E-state index < -0.39 is 0 Å². The lowest BCUT2D eigenvalue weighted by molar-refractivity contribution is 0.0771. The highest BCUT2D eigenvalue weighted by Gasteiger charge is 2.33. The van der Waals surface area contributed by atoms with E-state index in [1.54, 1.807) is 0 Å². The predicted molar refractivity (Wildman–Crippen MR) is 122 cm³/mol. The van der Waals surface area contributed by atoms with E-state index in [4.69, 9.17) is 0 Å². The Bertz CT molecular complexity index is 953. The maximum absolute atomic E-state index is 4.53. The van der Waals surface area contributed by atoms with Gasteiger partial charge in [0.1, 0.15) is 0 Å². The highest BCUT2D eigenvalue weighted by atomic mass is 15.6. The van der Waals surface area contributed by atoms with Gasteiger partial charge in [0.15, 0.2) is 5.82 Å². The molecule has 5 rings (SSSR count). The molecule has 6 nitrogen and oxygen atoms in total. The van der Waals surface area contributed by atoms with Gasteiger partial charge in [-0.05, 0) is 41.3 Å². The number of tetrazole rings is 1. The lowest BCUT2D eigenvalue weighted by Gasteiger charge is -2.41. The number of rotatable bonds is 6. The molecular weight excluding hydrogens is 384 g/mol. The molecule has 2 aromatic carbocycles. The molecule has 0 radical (unpaired) electrons. The molecule has 1 aliphatic heterocycles. The third kappa shape index (κ3) is 4.55. The van der Waals surface area contributed by atoms with E-state index in [-0.39, 0.29) is 6.04 Å². The third-order valence-corrected chi connectivity index (χ3v) is 6.93. The maximum Gasteiger partial charge on any atom is 0.173 e. The smallest absolute Gasteiger partial charge is 0.173 e. The molecule has 1 saturated heterocycles. The first-order valence-electron chi connectivity index (χ1n) is 11.6. The van der Waals surface area contributed by atoms with Crippen molar-refractivity contribution in [2.45, 2.75) is 51.2 Å². The van der Waals surface area contributed by atoms with Gasteiger partial charge < -0.3 is 0 Å². The minimum absolute atomic E-state index is 0.0741. The van der Waals surface area contributed by atoms with Crippen LogP contribution in [0, 0.1) is 6.92 Å². The highest BCUT2D eigenvalue weighted by Crippen LogP contribution is 2.31. The Hall–Kier alpha value is -2.57. The second kappa shape index (κ2) is 9.28. The van der Waals surface area contributed by atoms with Gasteiger partial charge in [0, 0.05) is 32.2 Å². The zero-order chi connectivity index (χ0) is 21.0. The Balaban J connectivity index is 1.41. The van der Waals surface area contributed by atoms with Crippen molar-refractivity contribution < 1.29 is 0 Å². The van der Waals surface area contributed by atoms with E-state index in [0.29, 0.717) is 6.54 Å². The molecule has 2 aliphatic rings. The van der Waals surface area contributed by atoms with Crippen LogP contribution in [0.15, 0.2) is 54.6 Å². The lowest BCUT2D eigenvalue weighted by Crippen LogP contribution is -2.51. The van der Waals surface area contributed by atoms with Gasteiger partial charge in [-0.3, -0.25) is 9.80 Å². The Morgan fingerprint density at radius 3 is 2.32 bits per heavy atom. The molecule has 1 aromatic heterocycles. The SMILES string of the molecule is Cc1ccc([C@@H](c2nnnn2Cc2ccccc2)N2CCN(C3CCCC3)CC2)cc1. The Morgan fingerprint density at radius 1 is 0.903 bits per heavy atom. The number of nitrogens with zero attached hydrogens (tertiary/aromatic N) is 6. The fraction of sp³-hybridized carbons (Fsp3) is 0.480. The molecule has 0 unspecified atom stereocenters. The Kier molecular flexibility index (Phi) is 6.09. The van der Waals surface area contributed by atoms with Crippen molar-refractivity contribution >= 4 is 0 Å². The van der Waals surface area contributed by atoms with E-state index in [2.05, 4.69) is 80.8 Å². The molecular formula is C25H32N6. The molecule has 6 heteroatoms. The number of benzene rings is 2. The van der Waals surface area contributed by atoms with Crippen LogP contribution in [0.5, 0.6) is 0 Å². The number of aryl methyl sites for hydroxylation is 1. The summed E-state index contributed by atoms with van der Waals surface area (Å²) in [5, 5.41) is 13.0. The molecule has 162 valence electrons. The summed E-state index contributed by atoms with van der Waals surface area (Å²) in [5.74, 6) is 0.932. The van der Waals surface area contributed by atoms with Crippen LogP contribution >= 0.6 is 0 Å². The average Bonchev–Trinajstić information content (AvgIpc) is 3.50. The highest BCUT2D eigenvalue weighted by molar-refractivity contribution is 5.29. The summed E-state index contributed by atoms with van der Waals surface area (Å²) in [4.78, 5) is 5.28. The maximum atomic E-state index is 4.53. The van der Waals surface area contributed by atoms with Crippen LogP contribution in [0.3, 0.4) is 0 Å². The van der Waals surface area contributed by atoms with Gasteiger partial charge >= 0.3 is 0 Å². The first-order chi connectivity index (χ1) is 15.3. The van der Waals surface area contributed by atoms with Gasteiger partial charge in [0.25, 0.3) is 0 Å². The number of hydrogen-bond acceptors (Lipinski definition) is 5. The fourth-order valence-electron chi connectivity index (χ4n) is 5.18. The van der Waals surface area contributed by atoms with Crippen LogP contribution in [0.25, 0.3) is 0 Å². The summed E-state index contributed by atoms with van der Waals surface area (Å²) in [5.41, 5.74) is 3.76. The number of hydrogen-bond donors (Lipinski definition) is 0. The average molecular weight is 417 g/mol. The molecule has 1 atom stereocenters. The second-order valence-corrected chi connectivity index (χ2v) is 9.00. The van der Waals surface area contributed by atoms with Crippen molar-refractivity contribution in [1.82, 2.24) is 30.0 Å². The van der Waals surface area contributed by atoms with Crippen molar-refractivity contribution in [3.63, 3.8) is 0 Å². The van der Waals surface area contributed by atoms with E-state index in [1.807, 2.05) is 10.7 Å². The van der Waals surface area contributed by atoms with E-state index >= 15 is 0 Å². The lowest BCUT2D eigenvalue weighted by atomic mass is 10.0. The third-order valence-electron chi connectivity index (χ3n) is 6.93. The van der Waals surface area contributed by atoms with Crippen molar-refractivity contribution in [2.24, 2.45) is 0 Å². The molecule has 2 fully saturated rings. The van der Waals surface area contributed by atoms with E-state index in [1.165, 1.54) is 42.4 Å². The number of piperazine rings is 1. The molecule has 0 spiro atoms. The molecule has 0 N–H and O–H groups in total. The summed E-state index contributed by atoms with van der Waals surface area (Å²) < 4.78 is 1.98. The molecule has 31 heavy (non-hydrogen) atoms.